The number of Topliss-reactive ketones (excluding diaryl/α,β-unsaturated/α-hetero) is 2. The second-order valence-corrected chi connectivity index (χ2v) is 2.48. The van der Waals surface area contributed by atoms with Crippen LogP contribution in [0.2, 0.25) is 0 Å². The summed E-state index contributed by atoms with van der Waals surface area (Å²) in [4.78, 5) is 21.2. The first-order valence-electron chi connectivity index (χ1n) is 3.64. The van der Waals surface area contributed by atoms with Crippen LogP contribution in [-0.4, -0.2) is 17.7 Å². The largest absolute Gasteiger partial charge is 0.454 e. The van der Waals surface area contributed by atoms with E-state index in [0.717, 1.165) is 0 Å². The maximum atomic E-state index is 11.7. The highest BCUT2D eigenvalue weighted by Gasteiger charge is 2.41. The predicted molar refractivity (Wildman–Crippen MR) is 40.1 cm³/mol. The van der Waals surface area contributed by atoms with E-state index >= 15 is 0 Å². The molecule has 0 unspecified atom stereocenters. The van der Waals surface area contributed by atoms with E-state index in [9.17, 15) is 22.8 Å². The molecule has 2 nitrogen and oxygen atoms in total. The van der Waals surface area contributed by atoms with Crippen molar-refractivity contribution in [2.75, 3.05) is 0 Å². The number of hydrogen-bond acceptors (Lipinski definition) is 2. The Morgan fingerprint density at radius 2 is 1.77 bits per heavy atom. The maximum Gasteiger partial charge on any atom is 0.454 e. The van der Waals surface area contributed by atoms with Gasteiger partial charge < -0.3 is 0 Å². The zero-order valence-electron chi connectivity index (χ0n) is 7.07. The Balaban J connectivity index is 4.45. The van der Waals surface area contributed by atoms with Crippen molar-refractivity contribution in [3.8, 4) is 0 Å². The van der Waals surface area contributed by atoms with E-state index in [0.29, 0.717) is 6.42 Å². The molecule has 0 aliphatic rings. The van der Waals surface area contributed by atoms with Crippen LogP contribution in [0.1, 0.15) is 19.8 Å². The van der Waals surface area contributed by atoms with Gasteiger partial charge in [0.25, 0.3) is 5.78 Å². The predicted octanol–water partition coefficient (Wildman–Crippen LogP) is 2.04. The van der Waals surface area contributed by atoms with Crippen LogP contribution in [0.4, 0.5) is 13.2 Å². The fraction of sp³-hybridized carbons (Fsp3) is 0.500. The molecular weight excluding hydrogens is 185 g/mol. The van der Waals surface area contributed by atoms with Crippen molar-refractivity contribution in [3.05, 3.63) is 12.2 Å². The van der Waals surface area contributed by atoms with Crippen LogP contribution < -0.4 is 0 Å². The van der Waals surface area contributed by atoms with E-state index in [1.54, 1.807) is 6.92 Å². The lowest BCUT2D eigenvalue weighted by molar-refractivity contribution is -0.167. The van der Waals surface area contributed by atoms with Gasteiger partial charge >= 0.3 is 6.18 Å². The van der Waals surface area contributed by atoms with Crippen molar-refractivity contribution in [1.29, 1.82) is 0 Å². The molecule has 0 heterocycles. The van der Waals surface area contributed by atoms with Crippen LogP contribution in [0.5, 0.6) is 0 Å². The van der Waals surface area contributed by atoms with Gasteiger partial charge in [-0.05, 0) is 6.42 Å². The number of carbonyl (C=O) groups excluding carboxylic acids is 2. The average Bonchev–Trinajstić information content (AvgIpc) is 2.00. The summed E-state index contributed by atoms with van der Waals surface area (Å²) in [5.41, 5.74) is -0.977. The molecule has 0 aromatic carbocycles. The summed E-state index contributed by atoms with van der Waals surface area (Å²) in [6.07, 6.45) is -4.69. The average molecular weight is 194 g/mol. The summed E-state index contributed by atoms with van der Waals surface area (Å²) < 4.78 is 35.2. The van der Waals surface area contributed by atoms with Gasteiger partial charge in [0.1, 0.15) is 0 Å². The van der Waals surface area contributed by atoms with Crippen LogP contribution in [0.3, 0.4) is 0 Å². The van der Waals surface area contributed by atoms with Crippen molar-refractivity contribution in [2.45, 2.75) is 25.9 Å². The highest BCUT2D eigenvalue weighted by atomic mass is 19.4. The van der Waals surface area contributed by atoms with Gasteiger partial charge in [-0.2, -0.15) is 13.2 Å². The molecule has 0 saturated heterocycles. The number of carbonyl (C=O) groups is 2. The molecule has 0 bridgehead atoms. The molecule has 0 radical (unpaired) electrons. The number of alkyl halides is 3. The van der Waals surface area contributed by atoms with Crippen LogP contribution in [0.25, 0.3) is 0 Å². The molecule has 0 N–H and O–H groups in total. The number of allylic oxidation sites excluding steroid dienone is 1. The highest BCUT2D eigenvalue weighted by molar-refractivity contribution is 6.21. The van der Waals surface area contributed by atoms with Gasteiger partial charge in [-0.25, -0.2) is 0 Å². The number of rotatable bonds is 4. The summed E-state index contributed by atoms with van der Waals surface area (Å²) in [5.74, 6) is -2.99. The molecule has 13 heavy (non-hydrogen) atoms. The zero-order chi connectivity index (χ0) is 10.6. The van der Waals surface area contributed by atoms with E-state index in [1.165, 1.54) is 0 Å². The van der Waals surface area contributed by atoms with Crippen LogP contribution >= 0.6 is 0 Å². The Hall–Kier alpha value is -1.13. The van der Waals surface area contributed by atoms with Crippen molar-refractivity contribution in [1.82, 2.24) is 0 Å². The molecular formula is C8H9F3O2. The van der Waals surface area contributed by atoms with Crippen molar-refractivity contribution in [2.24, 2.45) is 0 Å². The van der Waals surface area contributed by atoms with E-state index in [1.807, 2.05) is 0 Å². The topological polar surface area (TPSA) is 34.1 Å². The van der Waals surface area contributed by atoms with E-state index in [2.05, 4.69) is 6.58 Å². The normalized spacial score (nSPS) is 11.1. The summed E-state index contributed by atoms with van der Waals surface area (Å²) in [7, 11) is 0. The van der Waals surface area contributed by atoms with Crippen molar-refractivity contribution < 1.29 is 22.8 Å². The first-order valence-corrected chi connectivity index (χ1v) is 3.64. The number of hydrogen-bond donors (Lipinski definition) is 0. The Morgan fingerprint density at radius 1 is 1.31 bits per heavy atom. The van der Waals surface area contributed by atoms with Gasteiger partial charge in [0.2, 0.25) is 0 Å². The fourth-order valence-electron chi connectivity index (χ4n) is 0.676. The van der Waals surface area contributed by atoms with Crippen LogP contribution in [-0.2, 0) is 9.59 Å². The molecule has 74 valence electrons. The van der Waals surface area contributed by atoms with Crippen LogP contribution in [0, 0.1) is 0 Å². The molecule has 0 saturated carbocycles. The smallest absolute Gasteiger partial charge is 0.294 e. The zero-order valence-corrected chi connectivity index (χ0v) is 7.07. The second kappa shape index (κ2) is 4.20. The number of halogens is 3. The van der Waals surface area contributed by atoms with Gasteiger partial charge in [0.05, 0.1) is 5.57 Å². The van der Waals surface area contributed by atoms with Gasteiger partial charge in [0, 0.05) is 6.42 Å². The minimum atomic E-state index is -5.00. The summed E-state index contributed by atoms with van der Waals surface area (Å²) in [5, 5.41) is 0. The van der Waals surface area contributed by atoms with Crippen molar-refractivity contribution >= 4 is 11.6 Å². The highest BCUT2D eigenvalue weighted by Crippen LogP contribution is 2.20. The van der Waals surface area contributed by atoms with Gasteiger partial charge in [-0.1, -0.05) is 13.5 Å². The van der Waals surface area contributed by atoms with Crippen molar-refractivity contribution in [3.63, 3.8) is 0 Å². The first kappa shape index (κ1) is 11.9. The van der Waals surface area contributed by atoms with E-state index < -0.39 is 23.3 Å². The third-order valence-corrected chi connectivity index (χ3v) is 1.35. The summed E-state index contributed by atoms with van der Waals surface area (Å²) in [6, 6.07) is 0. The maximum absolute atomic E-state index is 11.7. The minimum Gasteiger partial charge on any atom is -0.294 e. The minimum absolute atomic E-state index is 0.0827. The second-order valence-electron chi connectivity index (χ2n) is 2.48. The van der Waals surface area contributed by atoms with Crippen LogP contribution in [0.15, 0.2) is 12.2 Å². The first-order chi connectivity index (χ1) is 5.80. The fourth-order valence-corrected chi connectivity index (χ4v) is 0.676. The third-order valence-electron chi connectivity index (χ3n) is 1.35. The lowest BCUT2D eigenvalue weighted by Crippen LogP contribution is -2.27. The monoisotopic (exact) mass is 194 g/mol. The van der Waals surface area contributed by atoms with Gasteiger partial charge in [-0.15, -0.1) is 0 Å². The van der Waals surface area contributed by atoms with E-state index in [4.69, 9.17) is 0 Å². The molecule has 0 rings (SSSR count). The molecule has 0 amide bonds. The lowest BCUT2D eigenvalue weighted by Gasteiger charge is -2.05. The summed E-state index contributed by atoms with van der Waals surface area (Å²) in [6.45, 7) is 4.45. The summed E-state index contributed by atoms with van der Waals surface area (Å²) >= 11 is 0. The molecule has 0 aliphatic heterocycles. The quantitative estimate of drug-likeness (QED) is 0.390. The number of ketones is 2. The molecule has 0 aromatic heterocycles. The molecule has 0 spiro atoms. The third kappa shape index (κ3) is 3.40. The SMILES string of the molecule is C=C(C(=O)CCC)C(=O)C(F)(F)F. The lowest BCUT2D eigenvalue weighted by atomic mass is 10.1. The Morgan fingerprint density at radius 3 is 2.08 bits per heavy atom. The molecule has 0 fully saturated rings. The van der Waals surface area contributed by atoms with Gasteiger partial charge in [0.15, 0.2) is 5.78 Å². The van der Waals surface area contributed by atoms with Gasteiger partial charge in [-0.3, -0.25) is 9.59 Å². The Bertz CT molecular complexity index is 240. The molecule has 5 heteroatoms. The molecule has 0 atom stereocenters. The Kier molecular flexibility index (Phi) is 3.84. The standard InChI is InChI=1S/C8H9F3O2/c1-3-4-6(12)5(2)7(13)8(9,10)11/h2-4H2,1H3. The Labute approximate surface area is 73.4 Å². The van der Waals surface area contributed by atoms with E-state index in [-0.39, 0.29) is 6.42 Å². The molecule has 0 aromatic rings. The molecule has 0 aliphatic carbocycles.